The van der Waals surface area contributed by atoms with Crippen LogP contribution in [0.4, 0.5) is 10.2 Å². The van der Waals surface area contributed by atoms with Crippen molar-refractivity contribution >= 4 is 27.7 Å². The number of hydrogen-bond acceptors (Lipinski definition) is 3. The maximum Gasteiger partial charge on any atom is 0.196 e. The average molecular weight is 394 g/mol. The first kappa shape index (κ1) is 17.7. The van der Waals surface area contributed by atoms with E-state index in [0.29, 0.717) is 11.6 Å². The molecular weight excluding hydrogens is 369 g/mol. The van der Waals surface area contributed by atoms with Crippen molar-refractivity contribution in [2.75, 3.05) is 5.32 Å². The van der Waals surface area contributed by atoms with E-state index in [9.17, 15) is 4.39 Å². The number of thiazole rings is 1. The lowest BCUT2D eigenvalue weighted by molar-refractivity contribution is 0.630. The third kappa shape index (κ3) is 3.08. The van der Waals surface area contributed by atoms with Gasteiger partial charge in [-0.2, -0.15) is 0 Å². The number of aryl methyl sites for hydroxylation is 1. The molecule has 3 aromatic rings. The van der Waals surface area contributed by atoms with E-state index < -0.39 is 0 Å². The molecule has 2 heterocycles. The summed E-state index contributed by atoms with van der Waals surface area (Å²) in [5.74, 6) is 0.727. The van der Waals surface area contributed by atoms with Crippen molar-refractivity contribution in [3.63, 3.8) is 0 Å². The fraction of sp³-hybridized carbons (Fsp3) is 0.348. The minimum atomic E-state index is -0.216. The fourth-order valence-corrected chi connectivity index (χ4v) is 5.22. The zero-order chi connectivity index (χ0) is 19.1. The van der Waals surface area contributed by atoms with Crippen LogP contribution in [0.5, 0.6) is 0 Å². The average Bonchev–Trinajstić information content (AvgIpc) is 3.43. The molecule has 0 aliphatic heterocycles. The molecule has 0 spiro atoms. The van der Waals surface area contributed by atoms with Gasteiger partial charge in [0.15, 0.2) is 4.96 Å². The Labute approximate surface area is 168 Å². The molecule has 5 heteroatoms. The quantitative estimate of drug-likeness (QED) is 0.541. The van der Waals surface area contributed by atoms with Gasteiger partial charge in [-0.1, -0.05) is 42.7 Å². The predicted octanol–water partition coefficient (Wildman–Crippen LogP) is 6.60. The van der Waals surface area contributed by atoms with E-state index in [0.717, 1.165) is 47.7 Å². The van der Waals surface area contributed by atoms with Gasteiger partial charge in [0, 0.05) is 17.0 Å². The standard InChI is InChI=1S/C23H24FN3S/c1-15-11-12-19(24)18(13-15)21-22(25-17-9-5-6-10-17)27-20(14-28-23(27)26-21)16-7-3-2-4-8-16/h2-3,7,11-14,17,25H,4-6,8-10H2,1H3. The second-order valence-electron chi connectivity index (χ2n) is 7.82. The lowest BCUT2D eigenvalue weighted by Gasteiger charge is -2.17. The number of nitrogens with one attached hydrogen (secondary N) is 1. The molecule has 28 heavy (non-hydrogen) atoms. The summed E-state index contributed by atoms with van der Waals surface area (Å²) in [5.41, 5.74) is 4.85. The molecule has 3 nitrogen and oxygen atoms in total. The van der Waals surface area contributed by atoms with E-state index in [-0.39, 0.29) is 5.82 Å². The number of allylic oxidation sites excluding steroid dienone is 4. The van der Waals surface area contributed by atoms with Crippen molar-refractivity contribution in [3.8, 4) is 11.3 Å². The molecule has 0 unspecified atom stereocenters. The first-order valence-electron chi connectivity index (χ1n) is 10.1. The summed E-state index contributed by atoms with van der Waals surface area (Å²) >= 11 is 1.63. The maximum absolute atomic E-state index is 14.7. The summed E-state index contributed by atoms with van der Waals surface area (Å²) in [6.45, 7) is 2.00. The first-order valence-corrected chi connectivity index (χ1v) is 11.0. The van der Waals surface area contributed by atoms with Gasteiger partial charge in [-0.05, 0) is 50.3 Å². The normalized spacial score (nSPS) is 17.4. The number of aromatic nitrogens is 2. The second kappa shape index (κ2) is 7.21. The zero-order valence-electron chi connectivity index (χ0n) is 16.0. The Morgan fingerprint density at radius 1 is 1.25 bits per heavy atom. The Hall–Kier alpha value is -2.40. The molecule has 0 radical (unpaired) electrons. The number of imidazole rings is 1. The molecule has 2 aromatic heterocycles. The lowest BCUT2D eigenvalue weighted by atomic mass is 10.0. The van der Waals surface area contributed by atoms with Gasteiger partial charge in [0.25, 0.3) is 0 Å². The monoisotopic (exact) mass is 393 g/mol. The Morgan fingerprint density at radius 3 is 2.89 bits per heavy atom. The van der Waals surface area contributed by atoms with Gasteiger partial charge in [-0.3, -0.25) is 4.40 Å². The lowest BCUT2D eigenvalue weighted by Crippen LogP contribution is -2.17. The van der Waals surface area contributed by atoms with E-state index in [2.05, 4.69) is 33.3 Å². The fourth-order valence-electron chi connectivity index (χ4n) is 4.30. The van der Waals surface area contributed by atoms with Crippen LogP contribution in [-0.2, 0) is 0 Å². The number of benzene rings is 1. The number of anilines is 1. The maximum atomic E-state index is 14.7. The summed E-state index contributed by atoms with van der Waals surface area (Å²) in [6.07, 6.45) is 13.4. The highest BCUT2D eigenvalue weighted by Gasteiger charge is 2.25. The van der Waals surface area contributed by atoms with Gasteiger partial charge >= 0.3 is 0 Å². The molecule has 0 saturated heterocycles. The molecule has 1 fully saturated rings. The highest BCUT2D eigenvalue weighted by atomic mass is 32.1. The highest BCUT2D eigenvalue weighted by Crippen LogP contribution is 2.38. The summed E-state index contributed by atoms with van der Waals surface area (Å²) in [4.78, 5) is 5.79. The highest BCUT2D eigenvalue weighted by molar-refractivity contribution is 7.15. The second-order valence-corrected chi connectivity index (χ2v) is 8.65. The van der Waals surface area contributed by atoms with Crippen LogP contribution in [0, 0.1) is 12.7 Å². The van der Waals surface area contributed by atoms with Gasteiger partial charge < -0.3 is 5.32 Å². The molecule has 2 aliphatic rings. The largest absolute Gasteiger partial charge is 0.367 e. The first-order chi connectivity index (χ1) is 13.7. The Morgan fingerprint density at radius 2 is 2.11 bits per heavy atom. The Bertz CT molecular complexity index is 1080. The van der Waals surface area contributed by atoms with Crippen LogP contribution >= 0.6 is 11.3 Å². The van der Waals surface area contributed by atoms with Crippen LogP contribution in [0.1, 0.15) is 49.8 Å². The number of halogens is 1. The van der Waals surface area contributed by atoms with Crippen LogP contribution < -0.4 is 5.32 Å². The number of hydrogen-bond donors (Lipinski definition) is 1. The van der Waals surface area contributed by atoms with Crippen LogP contribution in [0.15, 0.2) is 41.8 Å². The smallest absolute Gasteiger partial charge is 0.196 e. The molecule has 0 atom stereocenters. The van der Waals surface area contributed by atoms with Crippen molar-refractivity contribution in [3.05, 3.63) is 58.9 Å². The Balaban J connectivity index is 1.71. The summed E-state index contributed by atoms with van der Waals surface area (Å²) in [7, 11) is 0. The molecule has 0 amide bonds. The number of rotatable bonds is 4. The molecule has 0 bridgehead atoms. The SMILES string of the molecule is Cc1ccc(F)c(-c2nc3scc(C4=CC=CCC4)n3c2NC2CCCC2)c1. The molecule has 1 N–H and O–H groups in total. The van der Waals surface area contributed by atoms with Crippen molar-refractivity contribution in [2.45, 2.75) is 51.5 Å². The third-order valence-corrected chi connectivity index (χ3v) is 6.61. The van der Waals surface area contributed by atoms with Gasteiger partial charge in [0.2, 0.25) is 0 Å². The van der Waals surface area contributed by atoms with Gasteiger partial charge in [-0.25, -0.2) is 9.37 Å². The van der Waals surface area contributed by atoms with Crippen LogP contribution in [-0.4, -0.2) is 15.4 Å². The molecular formula is C23H24FN3S. The van der Waals surface area contributed by atoms with E-state index >= 15 is 0 Å². The van der Waals surface area contributed by atoms with Gasteiger partial charge in [-0.15, -0.1) is 11.3 Å². The molecule has 2 aliphatic carbocycles. The minimum Gasteiger partial charge on any atom is -0.367 e. The van der Waals surface area contributed by atoms with E-state index in [4.69, 9.17) is 4.98 Å². The van der Waals surface area contributed by atoms with Gasteiger partial charge in [0.05, 0.1) is 5.69 Å². The number of nitrogens with zero attached hydrogens (tertiary/aromatic N) is 2. The van der Waals surface area contributed by atoms with Crippen LogP contribution in [0.2, 0.25) is 0 Å². The summed E-state index contributed by atoms with van der Waals surface area (Å²) < 4.78 is 17.0. The van der Waals surface area contributed by atoms with Gasteiger partial charge in [0.1, 0.15) is 17.3 Å². The summed E-state index contributed by atoms with van der Waals surface area (Å²) in [5, 5.41) is 5.92. The van der Waals surface area contributed by atoms with Crippen molar-refractivity contribution in [2.24, 2.45) is 0 Å². The Kier molecular flexibility index (Phi) is 4.55. The van der Waals surface area contributed by atoms with Crippen LogP contribution in [0.3, 0.4) is 0 Å². The zero-order valence-corrected chi connectivity index (χ0v) is 16.9. The minimum absolute atomic E-state index is 0.216. The topological polar surface area (TPSA) is 29.3 Å². The molecule has 5 rings (SSSR count). The van der Waals surface area contributed by atoms with E-state index in [1.807, 2.05) is 19.1 Å². The van der Waals surface area contributed by atoms with E-state index in [1.165, 1.54) is 24.1 Å². The third-order valence-electron chi connectivity index (χ3n) is 5.78. The van der Waals surface area contributed by atoms with Crippen LogP contribution in [0.25, 0.3) is 21.8 Å². The van der Waals surface area contributed by atoms with E-state index in [1.54, 1.807) is 17.4 Å². The predicted molar refractivity (Wildman–Crippen MR) is 115 cm³/mol. The van der Waals surface area contributed by atoms with Crippen molar-refractivity contribution < 1.29 is 4.39 Å². The van der Waals surface area contributed by atoms with Crippen molar-refractivity contribution in [1.29, 1.82) is 0 Å². The number of fused-ring (bicyclic) bond motifs is 1. The molecule has 1 aromatic carbocycles. The van der Waals surface area contributed by atoms with Crippen molar-refractivity contribution in [1.82, 2.24) is 9.38 Å². The molecule has 1 saturated carbocycles. The summed E-state index contributed by atoms with van der Waals surface area (Å²) in [6, 6.07) is 5.70. The molecule has 144 valence electrons.